The van der Waals surface area contributed by atoms with Gasteiger partial charge in [-0.2, -0.15) is 5.10 Å². The zero-order valence-electron chi connectivity index (χ0n) is 11.1. The third-order valence-electron chi connectivity index (χ3n) is 3.95. The topological polar surface area (TPSA) is 56.5 Å². The van der Waals surface area contributed by atoms with Crippen molar-refractivity contribution in [2.24, 2.45) is 7.05 Å². The predicted octanol–water partition coefficient (Wildman–Crippen LogP) is 0.909. The maximum Gasteiger partial charge on any atom is 0.0980 e. The third kappa shape index (κ3) is 2.74. The molecule has 1 aliphatic rings. The highest BCUT2D eigenvalue weighted by molar-refractivity contribution is 5.01. The Labute approximate surface area is 108 Å². The van der Waals surface area contributed by atoms with Crippen LogP contribution in [0.1, 0.15) is 25.0 Å². The standard InChI is InChI=1S/C13H22N2O3/c1-15-11(5-8-14-15)3-4-12(16)13(17-2)6-9-18-10-7-13/h5,8,12,16H,3-4,6-7,9-10H2,1-2H3. The molecule has 1 aliphatic heterocycles. The van der Waals surface area contributed by atoms with E-state index in [1.807, 2.05) is 17.8 Å². The molecule has 0 radical (unpaired) electrons. The van der Waals surface area contributed by atoms with Crippen LogP contribution in [0.15, 0.2) is 12.3 Å². The summed E-state index contributed by atoms with van der Waals surface area (Å²) in [6.07, 6.45) is 4.34. The van der Waals surface area contributed by atoms with Gasteiger partial charge in [0.15, 0.2) is 0 Å². The maximum atomic E-state index is 10.4. The first-order valence-corrected chi connectivity index (χ1v) is 6.46. The Morgan fingerprint density at radius 1 is 1.56 bits per heavy atom. The lowest BCUT2D eigenvalue weighted by atomic mass is 9.85. The Bertz CT molecular complexity index is 372. The van der Waals surface area contributed by atoms with Crippen molar-refractivity contribution >= 4 is 0 Å². The van der Waals surface area contributed by atoms with Crippen molar-refractivity contribution in [3.05, 3.63) is 18.0 Å². The summed E-state index contributed by atoms with van der Waals surface area (Å²) in [5.41, 5.74) is 0.698. The van der Waals surface area contributed by atoms with E-state index in [0.29, 0.717) is 19.6 Å². The minimum absolute atomic E-state index is 0.434. The highest BCUT2D eigenvalue weighted by atomic mass is 16.5. The molecule has 0 bridgehead atoms. The molecule has 5 heteroatoms. The second-order valence-corrected chi connectivity index (χ2v) is 4.88. The van der Waals surface area contributed by atoms with Gasteiger partial charge in [0.2, 0.25) is 0 Å². The number of aliphatic hydroxyl groups excluding tert-OH is 1. The normalized spacial score (nSPS) is 20.8. The fourth-order valence-corrected chi connectivity index (χ4v) is 2.58. The molecule has 1 N–H and O–H groups in total. The Morgan fingerprint density at radius 3 is 2.83 bits per heavy atom. The molecular formula is C13H22N2O3. The summed E-state index contributed by atoms with van der Waals surface area (Å²) >= 11 is 0. The first-order chi connectivity index (χ1) is 8.68. The van der Waals surface area contributed by atoms with Crippen LogP contribution < -0.4 is 0 Å². The number of nitrogens with zero attached hydrogens (tertiary/aromatic N) is 2. The van der Waals surface area contributed by atoms with Crippen LogP contribution in [-0.4, -0.2) is 46.9 Å². The van der Waals surface area contributed by atoms with Gasteiger partial charge in [0.1, 0.15) is 0 Å². The molecule has 1 fully saturated rings. The van der Waals surface area contributed by atoms with Crippen LogP contribution in [-0.2, 0) is 22.9 Å². The smallest absolute Gasteiger partial charge is 0.0980 e. The van der Waals surface area contributed by atoms with Crippen LogP contribution in [0.5, 0.6) is 0 Å². The lowest BCUT2D eigenvalue weighted by Gasteiger charge is -2.39. The van der Waals surface area contributed by atoms with E-state index in [1.165, 1.54) is 0 Å². The zero-order valence-corrected chi connectivity index (χ0v) is 11.1. The van der Waals surface area contributed by atoms with Gasteiger partial charge in [0.25, 0.3) is 0 Å². The number of hydrogen-bond acceptors (Lipinski definition) is 4. The van der Waals surface area contributed by atoms with Gasteiger partial charge in [-0.05, 0) is 18.9 Å². The van der Waals surface area contributed by atoms with Gasteiger partial charge in [0.05, 0.1) is 11.7 Å². The fraction of sp³-hybridized carbons (Fsp3) is 0.769. The minimum Gasteiger partial charge on any atom is -0.390 e. The maximum absolute atomic E-state index is 10.4. The van der Waals surface area contributed by atoms with Crippen molar-refractivity contribution in [3.8, 4) is 0 Å². The number of aliphatic hydroxyl groups is 1. The molecule has 102 valence electrons. The Morgan fingerprint density at radius 2 is 2.28 bits per heavy atom. The highest BCUT2D eigenvalue weighted by Gasteiger charge is 2.39. The van der Waals surface area contributed by atoms with Gasteiger partial charge in [-0.1, -0.05) is 0 Å². The van der Waals surface area contributed by atoms with Crippen LogP contribution in [0, 0.1) is 0 Å². The van der Waals surface area contributed by atoms with E-state index in [1.54, 1.807) is 13.3 Å². The quantitative estimate of drug-likeness (QED) is 0.848. The molecule has 0 aliphatic carbocycles. The van der Waals surface area contributed by atoms with Crippen molar-refractivity contribution in [2.45, 2.75) is 37.4 Å². The summed E-state index contributed by atoms with van der Waals surface area (Å²) in [4.78, 5) is 0. The number of aromatic nitrogens is 2. The van der Waals surface area contributed by atoms with Crippen molar-refractivity contribution in [1.29, 1.82) is 0 Å². The van der Waals surface area contributed by atoms with Gasteiger partial charge in [-0.25, -0.2) is 0 Å². The first kappa shape index (κ1) is 13.5. The van der Waals surface area contributed by atoms with E-state index in [-0.39, 0.29) is 0 Å². The molecule has 1 atom stereocenters. The number of ether oxygens (including phenoxy) is 2. The lowest BCUT2D eigenvalue weighted by molar-refractivity contribution is -0.153. The van der Waals surface area contributed by atoms with E-state index < -0.39 is 11.7 Å². The van der Waals surface area contributed by atoms with E-state index in [0.717, 1.165) is 25.0 Å². The Hall–Kier alpha value is -0.910. The summed E-state index contributed by atoms with van der Waals surface area (Å²) in [5.74, 6) is 0. The fourth-order valence-electron chi connectivity index (χ4n) is 2.58. The van der Waals surface area contributed by atoms with Gasteiger partial charge in [-0.3, -0.25) is 4.68 Å². The van der Waals surface area contributed by atoms with Gasteiger partial charge in [0, 0.05) is 52.1 Å². The van der Waals surface area contributed by atoms with Crippen LogP contribution in [0.2, 0.25) is 0 Å². The van der Waals surface area contributed by atoms with E-state index in [9.17, 15) is 5.11 Å². The second kappa shape index (κ2) is 5.82. The molecule has 5 nitrogen and oxygen atoms in total. The monoisotopic (exact) mass is 254 g/mol. The van der Waals surface area contributed by atoms with Gasteiger partial charge >= 0.3 is 0 Å². The van der Waals surface area contributed by atoms with E-state index >= 15 is 0 Å². The highest BCUT2D eigenvalue weighted by Crippen LogP contribution is 2.30. The summed E-state index contributed by atoms with van der Waals surface area (Å²) in [6, 6.07) is 1.98. The number of methoxy groups -OCH3 is 1. The largest absolute Gasteiger partial charge is 0.390 e. The van der Waals surface area contributed by atoms with Crippen molar-refractivity contribution < 1.29 is 14.6 Å². The molecule has 1 aromatic rings. The molecule has 0 saturated carbocycles. The SMILES string of the molecule is COC1(C(O)CCc2ccnn2C)CCOCC1. The number of hydrogen-bond donors (Lipinski definition) is 1. The molecule has 1 saturated heterocycles. The van der Waals surface area contributed by atoms with E-state index in [4.69, 9.17) is 9.47 Å². The van der Waals surface area contributed by atoms with Crippen molar-refractivity contribution in [3.63, 3.8) is 0 Å². The molecule has 2 heterocycles. The molecular weight excluding hydrogens is 232 g/mol. The summed E-state index contributed by atoms with van der Waals surface area (Å²) in [6.45, 7) is 1.33. The Balaban J connectivity index is 1.93. The van der Waals surface area contributed by atoms with Gasteiger partial charge < -0.3 is 14.6 Å². The van der Waals surface area contributed by atoms with Crippen LogP contribution in [0.4, 0.5) is 0 Å². The average molecular weight is 254 g/mol. The third-order valence-corrected chi connectivity index (χ3v) is 3.95. The molecule has 1 aromatic heterocycles. The Kier molecular flexibility index (Phi) is 4.37. The summed E-state index contributed by atoms with van der Waals surface area (Å²) in [5, 5.41) is 14.5. The molecule has 0 spiro atoms. The van der Waals surface area contributed by atoms with Crippen LogP contribution in [0.3, 0.4) is 0 Å². The summed E-state index contributed by atoms with van der Waals surface area (Å²) in [7, 11) is 3.60. The molecule has 2 rings (SSSR count). The van der Waals surface area contributed by atoms with Crippen LogP contribution >= 0.6 is 0 Å². The van der Waals surface area contributed by atoms with Crippen LogP contribution in [0.25, 0.3) is 0 Å². The molecule has 0 amide bonds. The minimum atomic E-state index is -0.457. The molecule has 0 aromatic carbocycles. The number of aryl methyl sites for hydroxylation is 2. The van der Waals surface area contributed by atoms with Gasteiger partial charge in [-0.15, -0.1) is 0 Å². The zero-order chi connectivity index (χ0) is 13.0. The average Bonchev–Trinajstić information content (AvgIpc) is 2.82. The molecule has 1 unspecified atom stereocenters. The lowest BCUT2D eigenvalue weighted by Crippen LogP contribution is -2.48. The molecule has 18 heavy (non-hydrogen) atoms. The summed E-state index contributed by atoms with van der Waals surface area (Å²) < 4.78 is 12.8. The second-order valence-electron chi connectivity index (χ2n) is 4.88. The number of rotatable bonds is 5. The predicted molar refractivity (Wildman–Crippen MR) is 67.3 cm³/mol. The van der Waals surface area contributed by atoms with Crippen molar-refractivity contribution in [2.75, 3.05) is 20.3 Å². The van der Waals surface area contributed by atoms with E-state index in [2.05, 4.69) is 5.10 Å². The van der Waals surface area contributed by atoms with Crippen molar-refractivity contribution in [1.82, 2.24) is 9.78 Å². The first-order valence-electron chi connectivity index (χ1n) is 6.46.